The Bertz CT molecular complexity index is 296. The summed E-state index contributed by atoms with van der Waals surface area (Å²) in [5.41, 5.74) is 5.41. The molecule has 1 rings (SSSR count). The molecule has 1 aromatic heterocycles. The lowest BCUT2D eigenvalue weighted by Gasteiger charge is -2.01. The third-order valence-corrected chi connectivity index (χ3v) is 1.41. The molecule has 0 aliphatic rings. The second-order valence-electron chi connectivity index (χ2n) is 2.80. The van der Waals surface area contributed by atoms with E-state index in [2.05, 4.69) is 9.97 Å². The third-order valence-electron chi connectivity index (χ3n) is 1.41. The van der Waals surface area contributed by atoms with Gasteiger partial charge in [-0.05, 0) is 6.92 Å². The lowest BCUT2D eigenvalue weighted by molar-refractivity contribution is -0.385. The van der Waals surface area contributed by atoms with E-state index in [4.69, 9.17) is 5.73 Å². The van der Waals surface area contributed by atoms with Gasteiger partial charge in [-0.15, -0.1) is 0 Å². The van der Waals surface area contributed by atoms with Crippen molar-refractivity contribution in [3.8, 4) is 0 Å². The molecule has 0 aliphatic heterocycles. The quantitative estimate of drug-likeness (QED) is 0.534. The van der Waals surface area contributed by atoms with Crippen LogP contribution in [0, 0.1) is 10.1 Å². The first kappa shape index (κ1) is 9.53. The highest BCUT2D eigenvalue weighted by Gasteiger charge is 2.07. The van der Waals surface area contributed by atoms with E-state index in [9.17, 15) is 10.1 Å². The van der Waals surface area contributed by atoms with Crippen molar-refractivity contribution in [3.05, 3.63) is 28.3 Å². The van der Waals surface area contributed by atoms with Crippen molar-refractivity contribution in [2.24, 2.45) is 5.73 Å². The minimum atomic E-state index is -0.532. The molecule has 0 saturated carbocycles. The Balaban J connectivity index is 2.75. The molecular formula is C7H10N4O2. The van der Waals surface area contributed by atoms with Gasteiger partial charge in [0.1, 0.15) is 18.2 Å². The number of nitro groups is 1. The molecule has 1 unspecified atom stereocenters. The Labute approximate surface area is 75.0 Å². The predicted molar refractivity (Wildman–Crippen MR) is 46.0 cm³/mol. The van der Waals surface area contributed by atoms with Gasteiger partial charge >= 0.3 is 5.69 Å². The average molecular weight is 182 g/mol. The zero-order chi connectivity index (χ0) is 9.84. The van der Waals surface area contributed by atoms with Crippen LogP contribution in [0.15, 0.2) is 12.4 Å². The highest BCUT2D eigenvalue weighted by atomic mass is 16.6. The summed E-state index contributed by atoms with van der Waals surface area (Å²) in [6.45, 7) is 1.82. The Morgan fingerprint density at radius 2 is 2.15 bits per heavy atom. The molecule has 0 radical (unpaired) electrons. The van der Waals surface area contributed by atoms with Gasteiger partial charge in [-0.2, -0.15) is 0 Å². The second kappa shape index (κ2) is 3.90. The Morgan fingerprint density at radius 1 is 1.62 bits per heavy atom. The van der Waals surface area contributed by atoms with Gasteiger partial charge in [0.25, 0.3) is 0 Å². The fraction of sp³-hybridized carbons (Fsp3) is 0.429. The minimum Gasteiger partial charge on any atom is -0.328 e. The van der Waals surface area contributed by atoms with E-state index in [1.54, 1.807) is 0 Å². The van der Waals surface area contributed by atoms with E-state index < -0.39 is 4.92 Å². The molecule has 6 heteroatoms. The monoisotopic (exact) mass is 182 g/mol. The molecule has 0 spiro atoms. The zero-order valence-electron chi connectivity index (χ0n) is 7.17. The van der Waals surface area contributed by atoms with Crippen molar-refractivity contribution in [2.75, 3.05) is 0 Å². The van der Waals surface area contributed by atoms with Crippen LogP contribution in [0.3, 0.4) is 0 Å². The summed E-state index contributed by atoms with van der Waals surface area (Å²) in [5, 5.41) is 10.2. The van der Waals surface area contributed by atoms with Gasteiger partial charge in [-0.1, -0.05) is 0 Å². The normalized spacial score (nSPS) is 12.5. The molecule has 2 N–H and O–H groups in total. The molecule has 1 heterocycles. The van der Waals surface area contributed by atoms with E-state index in [1.807, 2.05) is 6.92 Å². The van der Waals surface area contributed by atoms with Gasteiger partial charge in [0.2, 0.25) is 0 Å². The van der Waals surface area contributed by atoms with E-state index in [-0.39, 0.29) is 11.7 Å². The number of hydrogen-bond donors (Lipinski definition) is 1. The fourth-order valence-corrected chi connectivity index (χ4v) is 0.836. The van der Waals surface area contributed by atoms with Crippen LogP contribution in [-0.4, -0.2) is 20.9 Å². The first-order valence-electron chi connectivity index (χ1n) is 3.80. The topological polar surface area (TPSA) is 94.9 Å². The van der Waals surface area contributed by atoms with Gasteiger partial charge < -0.3 is 5.73 Å². The van der Waals surface area contributed by atoms with Crippen LogP contribution in [-0.2, 0) is 6.42 Å². The van der Waals surface area contributed by atoms with E-state index in [1.165, 1.54) is 12.4 Å². The van der Waals surface area contributed by atoms with Crippen LogP contribution >= 0.6 is 0 Å². The lowest BCUT2D eigenvalue weighted by atomic mass is 10.2. The molecule has 6 nitrogen and oxygen atoms in total. The maximum atomic E-state index is 10.2. The van der Waals surface area contributed by atoms with Crippen LogP contribution in [0.2, 0.25) is 0 Å². The minimum absolute atomic E-state index is 0.0403. The number of nitrogens with two attached hydrogens (primary N) is 1. The van der Waals surface area contributed by atoms with Gasteiger partial charge in [-0.3, -0.25) is 10.1 Å². The SMILES string of the molecule is CC(N)Cc1ncc([N+](=O)[O-])cn1. The van der Waals surface area contributed by atoms with E-state index in [0.29, 0.717) is 12.2 Å². The highest BCUT2D eigenvalue weighted by Crippen LogP contribution is 2.06. The summed E-state index contributed by atoms with van der Waals surface area (Å²) in [6.07, 6.45) is 2.90. The van der Waals surface area contributed by atoms with Crippen molar-refractivity contribution in [1.29, 1.82) is 0 Å². The number of hydrogen-bond acceptors (Lipinski definition) is 5. The number of nitrogens with zero attached hydrogens (tertiary/aromatic N) is 3. The summed E-state index contributed by atoms with van der Waals surface area (Å²) in [6, 6.07) is -0.0403. The van der Waals surface area contributed by atoms with E-state index >= 15 is 0 Å². The van der Waals surface area contributed by atoms with Crippen molar-refractivity contribution in [3.63, 3.8) is 0 Å². The molecule has 0 saturated heterocycles. The molecule has 1 atom stereocenters. The molecule has 1 aromatic rings. The smallest absolute Gasteiger partial charge is 0.305 e. The Morgan fingerprint density at radius 3 is 2.54 bits per heavy atom. The van der Waals surface area contributed by atoms with Gasteiger partial charge in [0.15, 0.2) is 0 Å². The summed E-state index contributed by atoms with van der Waals surface area (Å²) in [7, 11) is 0. The molecule has 70 valence electrons. The number of aromatic nitrogens is 2. The summed E-state index contributed by atoms with van der Waals surface area (Å²) in [5.74, 6) is 0.528. The van der Waals surface area contributed by atoms with Crippen molar-refractivity contribution >= 4 is 5.69 Å². The molecular weight excluding hydrogens is 172 g/mol. The maximum Gasteiger partial charge on any atom is 0.305 e. The maximum absolute atomic E-state index is 10.2. The van der Waals surface area contributed by atoms with Crippen LogP contribution in [0.25, 0.3) is 0 Å². The molecule has 13 heavy (non-hydrogen) atoms. The van der Waals surface area contributed by atoms with Crippen LogP contribution in [0.5, 0.6) is 0 Å². The second-order valence-corrected chi connectivity index (χ2v) is 2.80. The third kappa shape index (κ3) is 2.75. The van der Waals surface area contributed by atoms with Crippen LogP contribution in [0.4, 0.5) is 5.69 Å². The summed E-state index contributed by atoms with van der Waals surface area (Å²) < 4.78 is 0. The van der Waals surface area contributed by atoms with Gasteiger partial charge in [-0.25, -0.2) is 9.97 Å². The molecule has 0 fully saturated rings. The molecule has 0 amide bonds. The van der Waals surface area contributed by atoms with Crippen molar-refractivity contribution in [1.82, 2.24) is 9.97 Å². The van der Waals surface area contributed by atoms with Crippen LogP contribution in [0.1, 0.15) is 12.7 Å². The first-order valence-corrected chi connectivity index (χ1v) is 3.80. The number of rotatable bonds is 3. The Kier molecular flexibility index (Phi) is 2.86. The summed E-state index contributed by atoms with van der Waals surface area (Å²) >= 11 is 0. The fourth-order valence-electron chi connectivity index (χ4n) is 0.836. The van der Waals surface area contributed by atoms with E-state index in [0.717, 1.165) is 0 Å². The van der Waals surface area contributed by atoms with Crippen LogP contribution < -0.4 is 5.73 Å². The largest absolute Gasteiger partial charge is 0.328 e. The van der Waals surface area contributed by atoms with Crippen molar-refractivity contribution in [2.45, 2.75) is 19.4 Å². The summed E-state index contributed by atoms with van der Waals surface area (Å²) in [4.78, 5) is 17.3. The van der Waals surface area contributed by atoms with Gasteiger partial charge in [0.05, 0.1) is 4.92 Å². The molecule has 0 bridgehead atoms. The standard InChI is InChI=1S/C7H10N4O2/c1-5(8)2-7-9-3-6(4-10-7)11(12)13/h3-5H,2,8H2,1H3. The lowest BCUT2D eigenvalue weighted by Crippen LogP contribution is -2.19. The first-order chi connectivity index (χ1) is 6.09. The molecule has 0 aliphatic carbocycles. The highest BCUT2D eigenvalue weighted by molar-refractivity contribution is 5.20. The van der Waals surface area contributed by atoms with Crippen molar-refractivity contribution < 1.29 is 4.92 Å². The van der Waals surface area contributed by atoms with Gasteiger partial charge in [0, 0.05) is 12.5 Å². The molecule has 0 aromatic carbocycles. The zero-order valence-corrected chi connectivity index (χ0v) is 7.17. The predicted octanol–water partition coefficient (Wildman–Crippen LogP) is 0.275. The average Bonchev–Trinajstić information content (AvgIpc) is 2.04. The Hall–Kier alpha value is -1.56.